The molecule has 3 atom stereocenters. The summed E-state index contributed by atoms with van der Waals surface area (Å²) in [7, 11) is 5.22. The molecule has 35 heavy (non-hydrogen) atoms. The van der Waals surface area contributed by atoms with Gasteiger partial charge in [0.1, 0.15) is 5.75 Å². The largest absolute Gasteiger partial charge is 0.496 e. The van der Waals surface area contributed by atoms with Gasteiger partial charge in [-0.3, -0.25) is 14.5 Å². The molecule has 4 rings (SSSR count). The second-order valence-electron chi connectivity index (χ2n) is 9.50. The molecule has 2 amide bonds. The Labute approximate surface area is 216 Å². The van der Waals surface area contributed by atoms with E-state index in [4.69, 9.17) is 27.9 Å². The summed E-state index contributed by atoms with van der Waals surface area (Å²) < 4.78 is 5.37. The zero-order valence-electron chi connectivity index (χ0n) is 20.3. The Balaban J connectivity index is 1.29. The fourth-order valence-electron chi connectivity index (χ4n) is 5.22. The van der Waals surface area contributed by atoms with Crippen LogP contribution in [0.4, 0.5) is 5.69 Å². The number of carbonyl (C=O) groups excluding carboxylic acids is 2. The molecule has 2 aromatic rings. The highest BCUT2D eigenvalue weighted by Gasteiger charge is 2.40. The van der Waals surface area contributed by atoms with Gasteiger partial charge in [-0.15, -0.1) is 0 Å². The summed E-state index contributed by atoms with van der Waals surface area (Å²) in [6.45, 7) is 0.801. The minimum atomic E-state index is -0.401. The van der Waals surface area contributed by atoms with Gasteiger partial charge in [-0.2, -0.15) is 0 Å². The van der Waals surface area contributed by atoms with E-state index in [0.29, 0.717) is 28.4 Å². The molecule has 0 aromatic heterocycles. The van der Waals surface area contributed by atoms with Crippen molar-refractivity contribution in [3.63, 3.8) is 0 Å². The Hall–Kier alpha value is -2.48. The predicted octanol–water partition coefficient (Wildman–Crippen LogP) is 4.11. The third-order valence-corrected chi connectivity index (χ3v) is 7.49. The van der Waals surface area contributed by atoms with Crippen LogP contribution < -0.4 is 20.3 Å². The molecule has 2 aromatic carbocycles. The van der Waals surface area contributed by atoms with E-state index >= 15 is 0 Å². The van der Waals surface area contributed by atoms with E-state index in [1.54, 1.807) is 12.1 Å². The van der Waals surface area contributed by atoms with Crippen LogP contribution in [0.1, 0.15) is 41.6 Å². The molecule has 2 saturated heterocycles. The number of fused-ring (bicyclic) bond motifs is 2. The number of halogens is 2. The quantitative estimate of drug-likeness (QED) is 0.550. The van der Waals surface area contributed by atoms with Gasteiger partial charge >= 0.3 is 0 Å². The summed E-state index contributed by atoms with van der Waals surface area (Å²) in [6.07, 6.45) is 4.12. The number of amides is 2. The van der Waals surface area contributed by atoms with E-state index in [2.05, 4.69) is 27.7 Å². The topological polar surface area (TPSA) is 73.9 Å². The average molecular weight is 519 g/mol. The van der Waals surface area contributed by atoms with Gasteiger partial charge in [-0.25, -0.2) is 0 Å². The third kappa shape index (κ3) is 6.02. The van der Waals surface area contributed by atoms with Gasteiger partial charge in [0.15, 0.2) is 0 Å². The summed E-state index contributed by atoms with van der Waals surface area (Å²) in [6, 6.07) is 12.3. The van der Waals surface area contributed by atoms with Gasteiger partial charge in [0.25, 0.3) is 5.91 Å². The van der Waals surface area contributed by atoms with Crippen LogP contribution in [-0.4, -0.2) is 62.6 Å². The highest BCUT2D eigenvalue weighted by Crippen LogP contribution is 2.37. The van der Waals surface area contributed by atoms with Gasteiger partial charge < -0.3 is 20.3 Å². The van der Waals surface area contributed by atoms with Crippen molar-refractivity contribution in [1.82, 2.24) is 15.5 Å². The van der Waals surface area contributed by atoms with Crippen LogP contribution in [0.2, 0.25) is 10.0 Å². The maximum Gasteiger partial charge on any atom is 0.255 e. The molecule has 2 aliphatic rings. The smallest absolute Gasteiger partial charge is 0.255 e. The highest BCUT2D eigenvalue weighted by molar-refractivity contribution is 6.33. The van der Waals surface area contributed by atoms with E-state index in [-0.39, 0.29) is 18.5 Å². The number of anilines is 1. The number of hydrogen-bond acceptors (Lipinski definition) is 5. The molecule has 0 saturated carbocycles. The Bertz CT molecular complexity index is 1060. The van der Waals surface area contributed by atoms with E-state index in [9.17, 15) is 9.59 Å². The summed E-state index contributed by atoms with van der Waals surface area (Å²) in [5.41, 5.74) is 2.30. The van der Waals surface area contributed by atoms with Gasteiger partial charge in [0.2, 0.25) is 5.91 Å². The van der Waals surface area contributed by atoms with Crippen LogP contribution in [-0.2, 0) is 11.3 Å². The van der Waals surface area contributed by atoms with Crippen molar-refractivity contribution < 1.29 is 14.3 Å². The Morgan fingerprint density at radius 3 is 2.34 bits per heavy atom. The lowest BCUT2D eigenvalue weighted by Crippen LogP contribution is -2.51. The molecule has 0 aliphatic carbocycles. The number of carbonyl (C=O) groups is 2. The van der Waals surface area contributed by atoms with Crippen LogP contribution in [0.3, 0.4) is 0 Å². The number of benzene rings is 2. The molecule has 2 aliphatic heterocycles. The molecule has 188 valence electrons. The average Bonchev–Trinajstić information content (AvgIpc) is 3.05. The lowest BCUT2D eigenvalue weighted by atomic mass is 9.96. The van der Waals surface area contributed by atoms with E-state index in [1.807, 2.05) is 31.1 Å². The third-order valence-electron chi connectivity index (χ3n) is 6.93. The molecule has 2 bridgehead atoms. The summed E-state index contributed by atoms with van der Waals surface area (Å²) in [4.78, 5) is 29.8. The standard InChI is InChI=1S/C26H32Cl2N4O3/c1-31(2)23-13-24(35-3)21(12-22(23)28)26(34)29-14-25(33)30-18-10-19-8-9-20(11-18)32(19)15-16-4-6-17(27)7-5-16/h4-7,12-13,18-20H,8-11,14-15H2,1-3H3,(H,29,34)(H,30,33)/t18-,19+,20-. The highest BCUT2D eigenvalue weighted by atomic mass is 35.5. The van der Waals surface area contributed by atoms with Crippen molar-refractivity contribution in [3.05, 3.63) is 57.6 Å². The van der Waals surface area contributed by atoms with Crippen molar-refractivity contribution in [2.45, 2.75) is 50.4 Å². The number of nitrogens with one attached hydrogen (secondary N) is 2. The first kappa shape index (κ1) is 25.6. The van der Waals surface area contributed by atoms with Crippen LogP contribution in [0.5, 0.6) is 5.75 Å². The first-order valence-electron chi connectivity index (χ1n) is 11.9. The molecule has 2 fully saturated rings. The number of ether oxygens (including phenoxy) is 1. The summed E-state index contributed by atoms with van der Waals surface area (Å²) >= 11 is 12.3. The number of hydrogen-bond donors (Lipinski definition) is 2. The molecular weight excluding hydrogens is 487 g/mol. The predicted molar refractivity (Wildman–Crippen MR) is 140 cm³/mol. The molecule has 0 spiro atoms. The van der Waals surface area contributed by atoms with Gasteiger partial charge in [-0.1, -0.05) is 35.3 Å². The van der Waals surface area contributed by atoms with Gasteiger partial charge in [0.05, 0.1) is 29.9 Å². The van der Waals surface area contributed by atoms with Gasteiger partial charge in [0, 0.05) is 49.9 Å². The Morgan fingerprint density at radius 2 is 1.74 bits per heavy atom. The summed E-state index contributed by atoms with van der Waals surface area (Å²) in [5.74, 6) is -0.188. The zero-order valence-corrected chi connectivity index (χ0v) is 21.8. The van der Waals surface area contributed by atoms with Gasteiger partial charge in [-0.05, 0) is 49.4 Å². The molecule has 9 heteroatoms. The lowest BCUT2D eigenvalue weighted by molar-refractivity contribution is -0.121. The van der Waals surface area contributed by atoms with Crippen LogP contribution >= 0.6 is 23.2 Å². The second kappa shape index (κ2) is 11.1. The number of piperidine rings is 1. The first-order chi connectivity index (χ1) is 16.7. The molecule has 2 heterocycles. The normalized spacial score (nSPS) is 21.5. The Kier molecular flexibility index (Phi) is 8.09. The minimum absolute atomic E-state index is 0.102. The molecule has 0 unspecified atom stereocenters. The van der Waals surface area contributed by atoms with E-state index in [1.165, 1.54) is 12.7 Å². The zero-order chi connectivity index (χ0) is 25.1. The fourth-order valence-corrected chi connectivity index (χ4v) is 5.68. The van der Waals surface area contributed by atoms with E-state index < -0.39 is 5.91 Å². The van der Waals surface area contributed by atoms with Crippen molar-refractivity contribution >= 4 is 40.7 Å². The van der Waals surface area contributed by atoms with Crippen molar-refractivity contribution in [2.24, 2.45) is 0 Å². The van der Waals surface area contributed by atoms with E-state index in [0.717, 1.165) is 42.9 Å². The van der Waals surface area contributed by atoms with Crippen LogP contribution in [0, 0.1) is 0 Å². The molecular formula is C26H32Cl2N4O3. The fraction of sp³-hybridized carbons (Fsp3) is 0.462. The van der Waals surface area contributed by atoms with Crippen molar-refractivity contribution in [3.8, 4) is 5.75 Å². The minimum Gasteiger partial charge on any atom is -0.496 e. The Morgan fingerprint density at radius 1 is 1.09 bits per heavy atom. The number of rotatable bonds is 8. The van der Waals surface area contributed by atoms with Crippen molar-refractivity contribution in [1.29, 1.82) is 0 Å². The maximum atomic E-state index is 12.7. The molecule has 0 radical (unpaired) electrons. The van der Waals surface area contributed by atoms with Crippen LogP contribution in [0.15, 0.2) is 36.4 Å². The lowest BCUT2D eigenvalue weighted by Gasteiger charge is -2.39. The number of nitrogens with zero attached hydrogens (tertiary/aromatic N) is 2. The monoisotopic (exact) mass is 518 g/mol. The maximum absolute atomic E-state index is 12.7. The molecule has 2 N–H and O–H groups in total. The first-order valence-corrected chi connectivity index (χ1v) is 12.6. The van der Waals surface area contributed by atoms with Crippen LogP contribution in [0.25, 0.3) is 0 Å². The SMILES string of the molecule is COc1cc(N(C)C)c(Cl)cc1C(=O)NCC(=O)N[C@H]1C[C@H]2CC[C@@H](C1)N2Cc1ccc(Cl)cc1. The summed E-state index contributed by atoms with van der Waals surface area (Å²) in [5, 5.41) is 7.00. The molecule has 7 nitrogen and oxygen atoms in total. The second-order valence-corrected chi connectivity index (χ2v) is 10.3. The number of methoxy groups -OCH3 is 1. The van der Waals surface area contributed by atoms with Crippen molar-refractivity contribution in [2.75, 3.05) is 32.6 Å².